The summed E-state index contributed by atoms with van der Waals surface area (Å²) in [5.41, 5.74) is 4.77. The molecule has 35 heavy (non-hydrogen) atoms. The van der Waals surface area contributed by atoms with E-state index in [1.54, 1.807) is 14.0 Å². The summed E-state index contributed by atoms with van der Waals surface area (Å²) in [6.45, 7) is 11.2. The highest BCUT2D eigenvalue weighted by Gasteiger charge is 2.20. The number of benzene rings is 1. The van der Waals surface area contributed by atoms with Gasteiger partial charge in [0.2, 0.25) is 11.9 Å². The lowest BCUT2D eigenvalue weighted by molar-refractivity contribution is -0.129. The van der Waals surface area contributed by atoms with Crippen molar-refractivity contribution in [2.75, 3.05) is 43.5 Å². The van der Waals surface area contributed by atoms with E-state index in [0.29, 0.717) is 12.0 Å². The van der Waals surface area contributed by atoms with Crippen LogP contribution < -0.4 is 10.2 Å². The molecule has 0 saturated carbocycles. The molecule has 0 bridgehead atoms. The summed E-state index contributed by atoms with van der Waals surface area (Å²) in [5.74, 6) is 0.697. The number of amides is 1. The maximum atomic E-state index is 11.6. The highest BCUT2D eigenvalue weighted by atomic mass is 16.6. The molecule has 1 aromatic carbocycles. The van der Waals surface area contributed by atoms with Gasteiger partial charge in [0.25, 0.3) is 0 Å². The lowest BCUT2D eigenvalue weighted by Gasteiger charge is -2.35. The summed E-state index contributed by atoms with van der Waals surface area (Å²) in [7, 11) is 1.56. The molecule has 9 nitrogen and oxygen atoms in total. The SMILES string of the molecule is CCC(CC)n1c(C(C)=NOC)cc2cnc(Nc3ccc(N4CCN(C(C)=O)CC4)cc3)nc21. The zero-order chi connectivity index (χ0) is 24.9. The molecule has 0 spiro atoms. The van der Waals surface area contributed by atoms with Crippen molar-refractivity contribution in [2.24, 2.45) is 5.16 Å². The molecule has 186 valence electrons. The second-order valence-corrected chi connectivity index (χ2v) is 8.87. The number of aromatic nitrogens is 3. The predicted molar refractivity (Wildman–Crippen MR) is 141 cm³/mol. The quantitative estimate of drug-likeness (QED) is 0.378. The molecule has 4 rings (SSSR count). The number of hydrogen-bond acceptors (Lipinski definition) is 7. The van der Waals surface area contributed by atoms with Crippen LogP contribution in [0.15, 0.2) is 41.7 Å². The lowest BCUT2D eigenvalue weighted by Crippen LogP contribution is -2.48. The Morgan fingerprint density at radius 2 is 1.80 bits per heavy atom. The van der Waals surface area contributed by atoms with Gasteiger partial charge in [-0.05, 0) is 50.1 Å². The van der Waals surface area contributed by atoms with Crippen LogP contribution in [0.1, 0.15) is 52.3 Å². The van der Waals surface area contributed by atoms with Crippen molar-refractivity contribution >= 4 is 40.0 Å². The van der Waals surface area contributed by atoms with E-state index in [-0.39, 0.29) is 5.91 Å². The van der Waals surface area contributed by atoms with E-state index < -0.39 is 0 Å². The van der Waals surface area contributed by atoms with Gasteiger partial charge in [-0.3, -0.25) is 4.79 Å². The zero-order valence-corrected chi connectivity index (χ0v) is 21.3. The second kappa shape index (κ2) is 10.8. The van der Waals surface area contributed by atoms with Crippen molar-refractivity contribution in [2.45, 2.75) is 46.6 Å². The van der Waals surface area contributed by atoms with Crippen molar-refractivity contribution in [3.05, 3.63) is 42.2 Å². The predicted octanol–water partition coefficient (Wildman–Crippen LogP) is 4.57. The van der Waals surface area contributed by atoms with Crippen LogP contribution in [0.25, 0.3) is 11.0 Å². The number of fused-ring (bicyclic) bond motifs is 1. The first-order chi connectivity index (χ1) is 16.9. The Hall–Kier alpha value is -3.62. The number of anilines is 3. The average Bonchev–Trinajstić information content (AvgIpc) is 3.24. The number of nitrogens with zero attached hydrogens (tertiary/aromatic N) is 6. The van der Waals surface area contributed by atoms with Crippen LogP contribution >= 0.6 is 0 Å². The van der Waals surface area contributed by atoms with Gasteiger partial charge in [0.15, 0.2) is 0 Å². The van der Waals surface area contributed by atoms with Gasteiger partial charge in [-0.25, -0.2) is 4.98 Å². The third kappa shape index (κ3) is 5.23. The van der Waals surface area contributed by atoms with Crippen LogP contribution in [0.3, 0.4) is 0 Å². The lowest BCUT2D eigenvalue weighted by atomic mass is 10.1. The number of oxime groups is 1. The number of rotatable bonds is 8. The molecule has 1 fully saturated rings. The van der Waals surface area contributed by atoms with E-state index in [4.69, 9.17) is 9.82 Å². The van der Waals surface area contributed by atoms with Crippen LogP contribution in [-0.4, -0.2) is 64.3 Å². The highest BCUT2D eigenvalue weighted by molar-refractivity contribution is 6.01. The minimum Gasteiger partial charge on any atom is -0.399 e. The monoisotopic (exact) mass is 477 g/mol. The molecule has 0 aliphatic carbocycles. The van der Waals surface area contributed by atoms with Crippen LogP contribution in [-0.2, 0) is 9.63 Å². The zero-order valence-electron chi connectivity index (χ0n) is 21.3. The van der Waals surface area contributed by atoms with E-state index in [1.165, 1.54) is 0 Å². The molecule has 1 aliphatic heterocycles. The molecule has 9 heteroatoms. The first-order valence-electron chi connectivity index (χ1n) is 12.3. The molecule has 0 radical (unpaired) electrons. The Kier molecular flexibility index (Phi) is 7.53. The Bertz CT molecular complexity index is 1190. The molecule has 1 amide bonds. The standard InChI is InChI=1S/C26H35N7O2/c1-6-22(7-2)33-24(18(3)30-35-5)16-20-17-27-26(29-25(20)33)28-21-8-10-23(11-9-21)32-14-12-31(13-15-32)19(4)34/h8-11,16-17,22H,6-7,12-15H2,1-5H3,(H,27,28,29). The summed E-state index contributed by atoms with van der Waals surface area (Å²) >= 11 is 0. The largest absolute Gasteiger partial charge is 0.399 e. The fourth-order valence-electron chi connectivity index (χ4n) is 4.72. The highest BCUT2D eigenvalue weighted by Crippen LogP contribution is 2.28. The minimum absolute atomic E-state index is 0.143. The van der Waals surface area contributed by atoms with Gasteiger partial charge >= 0.3 is 0 Å². The first-order valence-corrected chi connectivity index (χ1v) is 12.3. The third-order valence-electron chi connectivity index (χ3n) is 6.70. The van der Waals surface area contributed by atoms with E-state index in [0.717, 1.165) is 72.8 Å². The van der Waals surface area contributed by atoms with Gasteiger partial charge in [0, 0.05) is 62.1 Å². The van der Waals surface area contributed by atoms with Crippen molar-refractivity contribution in [3.8, 4) is 0 Å². The van der Waals surface area contributed by atoms with E-state index in [1.807, 2.05) is 30.2 Å². The van der Waals surface area contributed by atoms with Crippen molar-refractivity contribution in [1.82, 2.24) is 19.4 Å². The maximum Gasteiger partial charge on any atom is 0.229 e. The van der Waals surface area contributed by atoms with E-state index in [9.17, 15) is 4.79 Å². The molecular formula is C26H35N7O2. The van der Waals surface area contributed by atoms with Crippen molar-refractivity contribution in [3.63, 3.8) is 0 Å². The third-order valence-corrected chi connectivity index (χ3v) is 6.70. The fraction of sp³-hybridized carbons (Fsp3) is 0.462. The Balaban J connectivity index is 1.56. The average molecular weight is 478 g/mol. The summed E-state index contributed by atoms with van der Waals surface area (Å²) in [5, 5.41) is 8.49. The molecular weight excluding hydrogens is 442 g/mol. The van der Waals surface area contributed by atoms with E-state index in [2.05, 4.69) is 57.0 Å². The topological polar surface area (TPSA) is 87.9 Å². The van der Waals surface area contributed by atoms with Crippen LogP contribution in [0, 0.1) is 0 Å². The van der Waals surface area contributed by atoms with Crippen LogP contribution in [0.5, 0.6) is 0 Å². The number of hydrogen-bond donors (Lipinski definition) is 1. The second-order valence-electron chi connectivity index (χ2n) is 8.87. The summed E-state index contributed by atoms with van der Waals surface area (Å²) in [6.07, 6.45) is 3.83. The molecule has 1 saturated heterocycles. The summed E-state index contributed by atoms with van der Waals surface area (Å²) in [6, 6.07) is 10.7. The number of carbonyl (C=O) groups is 1. The number of piperazine rings is 1. The fourth-order valence-corrected chi connectivity index (χ4v) is 4.72. The van der Waals surface area contributed by atoms with E-state index >= 15 is 0 Å². The molecule has 3 heterocycles. The Morgan fingerprint density at radius 1 is 1.11 bits per heavy atom. The minimum atomic E-state index is 0.143. The molecule has 0 atom stereocenters. The van der Waals surface area contributed by atoms with Crippen LogP contribution in [0.2, 0.25) is 0 Å². The molecule has 3 aromatic rings. The Labute approximate surface area is 206 Å². The summed E-state index contributed by atoms with van der Waals surface area (Å²) < 4.78 is 2.25. The van der Waals surface area contributed by atoms with Crippen molar-refractivity contribution < 1.29 is 9.63 Å². The first kappa shape index (κ1) is 24.5. The summed E-state index contributed by atoms with van der Waals surface area (Å²) in [4.78, 5) is 30.2. The number of carbonyl (C=O) groups excluding carboxylic acids is 1. The van der Waals surface area contributed by atoms with Crippen molar-refractivity contribution in [1.29, 1.82) is 0 Å². The maximum absolute atomic E-state index is 11.6. The van der Waals surface area contributed by atoms with Gasteiger partial charge < -0.3 is 24.5 Å². The van der Waals surface area contributed by atoms with Gasteiger partial charge in [-0.1, -0.05) is 19.0 Å². The smallest absolute Gasteiger partial charge is 0.229 e. The molecule has 2 aromatic heterocycles. The van der Waals surface area contributed by atoms with Crippen LogP contribution in [0.4, 0.5) is 17.3 Å². The van der Waals surface area contributed by atoms with Gasteiger partial charge in [0.05, 0.1) is 5.69 Å². The normalized spacial score (nSPS) is 14.6. The molecule has 1 N–H and O–H groups in total. The van der Waals surface area contributed by atoms with Gasteiger partial charge in [-0.15, -0.1) is 0 Å². The Morgan fingerprint density at radius 3 is 2.40 bits per heavy atom. The molecule has 1 aliphatic rings. The molecule has 0 unspecified atom stereocenters. The van der Waals surface area contributed by atoms with Gasteiger partial charge in [-0.2, -0.15) is 4.98 Å². The van der Waals surface area contributed by atoms with Gasteiger partial charge in [0.1, 0.15) is 18.5 Å². The number of nitrogens with one attached hydrogen (secondary N) is 1.